The molecule has 184 valence electrons. The summed E-state index contributed by atoms with van der Waals surface area (Å²) in [6, 6.07) is 45.9. The zero-order chi connectivity index (χ0) is 26.1. The molecule has 0 atom stereocenters. The van der Waals surface area contributed by atoms with Crippen LogP contribution in [0.1, 0.15) is 36.1 Å². The Kier molecular flexibility index (Phi) is 4.60. The predicted octanol–water partition coefficient (Wildman–Crippen LogP) is 8.85. The lowest BCUT2D eigenvalue weighted by atomic mass is 9.81. The molecule has 2 nitrogen and oxygen atoms in total. The summed E-state index contributed by atoms with van der Waals surface area (Å²) in [6.45, 7) is 4.71. The Morgan fingerprint density at radius 3 is 2.10 bits per heavy atom. The van der Waals surface area contributed by atoms with Crippen LogP contribution in [0.15, 0.2) is 132 Å². The van der Waals surface area contributed by atoms with Gasteiger partial charge in [0.1, 0.15) is 5.69 Å². The number of hydrogen-bond donors (Lipinski definition) is 0. The van der Waals surface area contributed by atoms with E-state index in [0.29, 0.717) is 0 Å². The van der Waals surface area contributed by atoms with Gasteiger partial charge in [-0.3, -0.25) is 0 Å². The number of aliphatic imine (C=N–C) groups is 1. The van der Waals surface area contributed by atoms with Crippen molar-refractivity contribution in [1.29, 1.82) is 0 Å². The first-order chi connectivity index (χ1) is 19.1. The Hall–Kier alpha value is -4.82. The summed E-state index contributed by atoms with van der Waals surface area (Å²) in [6.07, 6.45) is 0. The number of benzene rings is 6. The fourth-order valence-electron chi connectivity index (χ4n) is 6.49. The van der Waals surface area contributed by atoms with Crippen molar-refractivity contribution in [2.75, 3.05) is 0 Å². The molecule has 2 heteroatoms. The molecule has 0 saturated carbocycles. The lowest BCUT2D eigenvalue weighted by molar-refractivity contribution is -0.316. The van der Waals surface area contributed by atoms with Gasteiger partial charge < -0.3 is 0 Å². The predicted molar refractivity (Wildman–Crippen MR) is 162 cm³/mol. The second kappa shape index (κ2) is 8.09. The van der Waals surface area contributed by atoms with Gasteiger partial charge in [-0.25, -0.2) is 0 Å². The van der Waals surface area contributed by atoms with Crippen LogP contribution in [0.5, 0.6) is 0 Å². The minimum atomic E-state index is -0.0945. The number of rotatable bonds is 3. The van der Waals surface area contributed by atoms with Crippen LogP contribution < -0.4 is 0 Å². The van der Waals surface area contributed by atoms with Gasteiger partial charge >= 0.3 is 0 Å². The maximum atomic E-state index is 5.21. The Balaban J connectivity index is 1.49. The molecule has 0 fully saturated rings. The third-order valence-corrected chi connectivity index (χ3v) is 8.46. The van der Waals surface area contributed by atoms with Crippen LogP contribution in [-0.2, 0) is 5.41 Å². The third kappa shape index (κ3) is 3.15. The minimum absolute atomic E-state index is 0.0945. The molecule has 8 rings (SSSR count). The molecular formula is C37H27N2+. The normalized spacial score (nSPS) is 15.2. The van der Waals surface area contributed by atoms with Crippen molar-refractivity contribution in [2.45, 2.75) is 19.3 Å². The van der Waals surface area contributed by atoms with Crippen molar-refractivity contribution in [3.63, 3.8) is 0 Å². The third-order valence-electron chi connectivity index (χ3n) is 8.46. The minimum Gasteiger partial charge on any atom is -0.191 e. The molecule has 0 unspecified atom stereocenters. The van der Waals surface area contributed by atoms with E-state index in [-0.39, 0.29) is 5.41 Å². The first-order valence-corrected chi connectivity index (χ1v) is 13.6. The molecule has 2 aliphatic rings. The maximum Gasteiger partial charge on any atom is 0.279 e. The summed E-state index contributed by atoms with van der Waals surface area (Å²) < 4.78 is 2.42. The zero-order valence-corrected chi connectivity index (χ0v) is 22.0. The maximum absolute atomic E-state index is 5.21. The fraction of sp³-hybridized carbons (Fsp3) is 0.0811. The van der Waals surface area contributed by atoms with Crippen LogP contribution >= 0.6 is 0 Å². The van der Waals surface area contributed by atoms with Gasteiger partial charge in [0, 0.05) is 16.4 Å². The molecule has 1 aliphatic heterocycles. The first kappa shape index (κ1) is 22.2. The van der Waals surface area contributed by atoms with Gasteiger partial charge in [-0.2, -0.15) is 4.58 Å². The summed E-state index contributed by atoms with van der Waals surface area (Å²) >= 11 is 0. The van der Waals surface area contributed by atoms with E-state index in [1.807, 2.05) is 0 Å². The summed E-state index contributed by atoms with van der Waals surface area (Å²) in [5.41, 5.74) is 8.75. The zero-order valence-electron chi connectivity index (χ0n) is 22.0. The summed E-state index contributed by atoms with van der Waals surface area (Å²) in [4.78, 5) is 5.21. The smallest absolute Gasteiger partial charge is 0.191 e. The molecule has 0 radical (unpaired) electrons. The highest BCUT2D eigenvalue weighted by Gasteiger charge is 2.42. The van der Waals surface area contributed by atoms with E-state index >= 15 is 0 Å². The molecule has 0 amide bonds. The summed E-state index contributed by atoms with van der Waals surface area (Å²) in [5.74, 6) is 1.97. The second-order valence-electron chi connectivity index (χ2n) is 11.1. The number of nitrogens with zero attached hydrogens (tertiary/aromatic N) is 2. The number of hydrogen-bond acceptors (Lipinski definition) is 1. The lowest BCUT2D eigenvalue weighted by Gasteiger charge is -2.25. The molecule has 0 N–H and O–H groups in total. The van der Waals surface area contributed by atoms with Crippen LogP contribution in [0.2, 0.25) is 0 Å². The summed E-state index contributed by atoms with van der Waals surface area (Å²) in [7, 11) is 0. The Morgan fingerprint density at radius 1 is 0.564 bits per heavy atom. The molecule has 1 aliphatic carbocycles. The molecule has 6 aromatic rings. The molecular weight excluding hydrogens is 472 g/mol. The number of fused-ring (bicyclic) bond motifs is 5. The van der Waals surface area contributed by atoms with Crippen molar-refractivity contribution >= 4 is 38.9 Å². The molecule has 1 heterocycles. The highest BCUT2D eigenvalue weighted by Crippen LogP contribution is 2.54. The van der Waals surface area contributed by atoms with Crippen LogP contribution in [0.25, 0.3) is 32.7 Å². The van der Waals surface area contributed by atoms with E-state index in [1.54, 1.807) is 0 Å². The average molecular weight is 500 g/mol. The Labute approximate surface area is 228 Å². The standard InChI is InChI=1S/C37H27N2/c1-37(2)31-19-11-10-18-30(31)33-32(37)23-27-16-8-9-17-29(27)34(33)39-35(25-13-4-3-5-14-25)38-36(39)28-21-20-24-12-6-7-15-26(24)22-28/h3-23H,1-2H3/q+1. The SMILES string of the molecule is CC1(C)c2ccccc2-c2c1cc1ccccc1c2[N+]1=C(c2ccc3ccccc3c2)N=C1c1ccccc1. The van der Waals surface area contributed by atoms with Crippen LogP contribution in [0, 0.1) is 0 Å². The lowest BCUT2D eigenvalue weighted by Crippen LogP contribution is -2.35. The van der Waals surface area contributed by atoms with Crippen molar-refractivity contribution < 1.29 is 4.58 Å². The monoisotopic (exact) mass is 499 g/mol. The highest BCUT2D eigenvalue weighted by molar-refractivity contribution is 6.19. The Bertz CT molecular complexity index is 2030. The molecule has 0 bridgehead atoms. The van der Waals surface area contributed by atoms with E-state index in [4.69, 9.17) is 4.99 Å². The first-order valence-electron chi connectivity index (χ1n) is 13.6. The average Bonchev–Trinajstić information content (AvgIpc) is 3.19. The van der Waals surface area contributed by atoms with E-state index < -0.39 is 0 Å². The molecule has 39 heavy (non-hydrogen) atoms. The fourth-order valence-corrected chi connectivity index (χ4v) is 6.49. The van der Waals surface area contributed by atoms with Crippen LogP contribution in [0.3, 0.4) is 0 Å². The van der Waals surface area contributed by atoms with E-state index in [9.17, 15) is 0 Å². The van der Waals surface area contributed by atoms with Gasteiger partial charge in [0.25, 0.3) is 11.7 Å². The van der Waals surface area contributed by atoms with Gasteiger partial charge in [-0.1, -0.05) is 116 Å². The van der Waals surface area contributed by atoms with E-state index in [0.717, 1.165) is 22.8 Å². The van der Waals surface area contributed by atoms with Crippen LogP contribution in [-0.4, -0.2) is 16.2 Å². The molecule has 0 saturated heterocycles. The van der Waals surface area contributed by atoms with Gasteiger partial charge in [0.2, 0.25) is 0 Å². The van der Waals surface area contributed by atoms with Crippen molar-refractivity contribution in [3.8, 4) is 11.1 Å². The Morgan fingerprint density at radius 2 is 1.26 bits per heavy atom. The van der Waals surface area contributed by atoms with Crippen molar-refractivity contribution in [1.82, 2.24) is 0 Å². The van der Waals surface area contributed by atoms with Crippen molar-refractivity contribution in [2.24, 2.45) is 4.99 Å². The quantitative estimate of drug-likeness (QED) is 0.216. The van der Waals surface area contributed by atoms with E-state index in [2.05, 4.69) is 146 Å². The van der Waals surface area contributed by atoms with Gasteiger partial charge in [0.05, 0.1) is 11.1 Å². The number of amidine groups is 2. The highest BCUT2D eigenvalue weighted by atomic mass is 15.2. The van der Waals surface area contributed by atoms with Gasteiger partial charge in [-0.05, 0) is 63.2 Å². The van der Waals surface area contributed by atoms with Gasteiger partial charge in [0.15, 0.2) is 0 Å². The largest absolute Gasteiger partial charge is 0.279 e. The van der Waals surface area contributed by atoms with E-state index in [1.165, 1.54) is 49.5 Å². The van der Waals surface area contributed by atoms with Crippen molar-refractivity contribution in [3.05, 3.63) is 150 Å². The topological polar surface area (TPSA) is 15.4 Å². The molecule has 0 spiro atoms. The summed E-state index contributed by atoms with van der Waals surface area (Å²) in [5, 5.41) is 4.96. The van der Waals surface area contributed by atoms with Crippen LogP contribution in [0.4, 0.5) is 5.69 Å². The molecule has 6 aromatic carbocycles. The van der Waals surface area contributed by atoms with Gasteiger partial charge in [-0.15, -0.1) is 0 Å². The molecule has 0 aromatic heterocycles. The second-order valence-corrected chi connectivity index (χ2v) is 11.1.